The summed E-state index contributed by atoms with van der Waals surface area (Å²) in [5.74, 6) is -0.779. The van der Waals surface area contributed by atoms with Crippen molar-refractivity contribution in [3.8, 4) is 0 Å². The molecule has 3 rings (SSSR count). The van der Waals surface area contributed by atoms with Crippen molar-refractivity contribution >= 4 is 5.97 Å². The molecule has 1 heterocycles. The third-order valence-corrected chi connectivity index (χ3v) is 3.83. The Labute approximate surface area is 110 Å². The second-order valence-corrected chi connectivity index (χ2v) is 5.04. The van der Waals surface area contributed by atoms with Crippen LogP contribution in [0.2, 0.25) is 0 Å². The van der Waals surface area contributed by atoms with Crippen LogP contribution in [0.3, 0.4) is 0 Å². The van der Waals surface area contributed by atoms with Gasteiger partial charge >= 0.3 is 5.97 Å². The summed E-state index contributed by atoms with van der Waals surface area (Å²) < 4.78 is 0. The van der Waals surface area contributed by atoms with E-state index in [9.17, 15) is 15.0 Å². The van der Waals surface area contributed by atoms with Gasteiger partial charge in [-0.3, -0.25) is 4.79 Å². The Balaban J connectivity index is 1.95. The average molecular weight is 257 g/mol. The summed E-state index contributed by atoms with van der Waals surface area (Å²) in [6.45, 7) is 0. The Morgan fingerprint density at radius 1 is 1.26 bits per heavy atom. The molecule has 4 heteroatoms. The first kappa shape index (κ1) is 12.0. The highest BCUT2D eigenvalue weighted by Gasteiger charge is 2.51. The van der Waals surface area contributed by atoms with Gasteiger partial charge in [0.25, 0.3) is 0 Å². The number of nitrogens with one attached hydrogen (secondary N) is 1. The van der Waals surface area contributed by atoms with Gasteiger partial charge in [-0.25, -0.2) is 0 Å². The summed E-state index contributed by atoms with van der Waals surface area (Å²) in [4.78, 5) is 14.3. The minimum Gasteiger partial charge on any atom is -0.481 e. The van der Waals surface area contributed by atoms with Crippen LogP contribution in [-0.2, 0) is 10.2 Å². The van der Waals surface area contributed by atoms with E-state index in [1.54, 1.807) is 24.4 Å². The molecule has 19 heavy (non-hydrogen) atoms. The minimum atomic E-state index is -0.779. The number of aliphatic hydroxyl groups is 1. The largest absolute Gasteiger partial charge is 0.481 e. The summed E-state index contributed by atoms with van der Waals surface area (Å²) in [7, 11) is 0. The zero-order valence-corrected chi connectivity index (χ0v) is 10.3. The number of hydrogen-bond acceptors (Lipinski definition) is 2. The third kappa shape index (κ3) is 1.94. The van der Waals surface area contributed by atoms with E-state index in [1.165, 1.54) is 0 Å². The zero-order valence-electron chi connectivity index (χ0n) is 10.3. The number of benzene rings is 1. The lowest BCUT2D eigenvalue weighted by atomic mass is 9.93. The number of H-pyrrole nitrogens is 1. The first-order valence-corrected chi connectivity index (χ1v) is 6.29. The highest BCUT2D eigenvalue weighted by atomic mass is 16.4. The monoisotopic (exact) mass is 257 g/mol. The van der Waals surface area contributed by atoms with Crippen molar-refractivity contribution < 1.29 is 15.0 Å². The molecule has 1 fully saturated rings. The van der Waals surface area contributed by atoms with E-state index in [0.717, 1.165) is 5.56 Å². The molecule has 2 aromatic rings. The smallest absolute Gasteiger partial charge is 0.314 e. The lowest BCUT2D eigenvalue weighted by molar-refractivity contribution is -0.140. The van der Waals surface area contributed by atoms with Gasteiger partial charge in [0.05, 0.1) is 5.41 Å². The van der Waals surface area contributed by atoms with Gasteiger partial charge in [0.1, 0.15) is 6.10 Å². The van der Waals surface area contributed by atoms with Crippen molar-refractivity contribution in [2.75, 3.05) is 0 Å². The summed E-state index contributed by atoms with van der Waals surface area (Å²) in [5.41, 5.74) is 1.47. The van der Waals surface area contributed by atoms with E-state index in [2.05, 4.69) is 4.98 Å². The van der Waals surface area contributed by atoms with Gasteiger partial charge < -0.3 is 15.2 Å². The van der Waals surface area contributed by atoms with Gasteiger partial charge in [-0.2, -0.15) is 0 Å². The van der Waals surface area contributed by atoms with Crippen molar-refractivity contribution in [3.63, 3.8) is 0 Å². The molecule has 1 unspecified atom stereocenters. The van der Waals surface area contributed by atoms with Crippen molar-refractivity contribution in [2.45, 2.75) is 24.4 Å². The maximum atomic E-state index is 11.3. The highest BCUT2D eigenvalue weighted by molar-refractivity contribution is 5.84. The Morgan fingerprint density at radius 3 is 2.63 bits per heavy atom. The van der Waals surface area contributed by atoms with E-state index < -0.39 is 17.5 Å². The van der Waals surface area contributed by atoms with Crippen molar-refractivity contribution in [1.82, 2.24) is 4.98 Å². The number of aromatic nitrogens is 1. The van der Waals surface area contributed by atoms with Crippen LogP contribution in [0.25, 0.3) is 0 Å². The van der Waals surface area contributed by atoms with E-state index in [-0.39, 0.29) is 0 Å². The van der Waals surface area contributed by atoms with Crippen LogP contribution in [0.5, 0.6) is 0 Å². The molecule has 1 saturated carbocycles. The molecule has 0 amide bonds. The molecule has 1 aromatic heterocycles. The van der Waals surface area contributed by atoms with Gasteiger partial charge in [0.15, 0.2) is 0 Å². The van der Waals surface area contributed by atoms with Gasteiger partial charge in [-0.1, -0.05) is 24.3 Å². The molecular weight excluding hydrogens is 242 g/mol. The lowest BCUT2D eigenvalue weighted by Crippen LogP contribution is -2.19. The fourth-order valence-electron chi connectivity index (χ4n) is 2.45. The highest BCUT2D eigenvalue weighted by Crippen LogP contribution is 2.48. The third-order valence-electron chi connectivity index (χ3n) is 3.83. The molecule has 1 aromatic carbocycles. The van der Waals surface area contributed by atoms with E-state index in [4.69, 9.17) is 0 Å². The van der Waals surface area contributed by atoms with E-state index >= 15 is 0 Å². The molecule has 1 aliphatic carbocycles. The van der Waals surface area contributed by atoms with Gasteiger partial charge in [0.2, 0.25) is 0 Å². The van der Waals surface area contributed by atoms with Crippen LogP contribution < -0.4 is 0 Å². The maximum Gasteiger partial charge on any atom is 0.314 e. The van der Waals surface area contributed by atoms with Crippen LogP contribution in [0.4, 0.5) is 0 Å². The Morgan fingerprint density at radius 2 is 2.05 bits per heavy atom. The molecule has 1 atom stereocenters. The molecule has 4 nitrogen and oxygen atoms in total. The van der Waals surface area contributed by atoms with Crippen LogP contribution >= 0.6 is 0 Å². The second kappa shape index (κ2) is 4.24. The standard InChI is InChI=1S/C15H15NO3/c17-13(12-5-2-8-16-12)10-3-1-4-11(9-10)15(6-7-15)14(18)19/h1-5,8-9,13,16-17H,6-7H2,(H,18,19). The van der Waals surface area contributed by atoms with Gasteiger partial charge in [0, 0.05) is 11.9 Å². The summed E-state index contributed by atoms with van der Waals surface area (Å²) >= 11 is 0. The van der Waals surface area contributed by atoms with Crippen molar-refractivity contribution in [2.24, 2.45) is 0 Å². The number of carboxylic acid groups (broad SMARTS) is 1. The molecule has 0 bridgehead atoms. The van der Waals surface area contributed by atoms with E-state index in [0.29, 0.717) is 24.1 Å². The topological polar surface area (TPSA) is 73.3 Å². The predicted octanol–water partition coefficient (Wildman–Crippen LogP) is 2.21. The molecule has 3 N–H and O–H groups in total. The van der Waals surface area contributed by atoms with Crippen LogP contribution in [-0.4, -0.2) is 21.2 Å². The first-order chi connectivity index (χ1) is 9.13. The second-order valence-electron chi connectivity index (χ2n) is 5.04. The van der Waals surface area contributed by atoms with Gasteiger partial charge in [-0.15, -0.1) is 0 Å². The fraction of sp³-hybridized carbons (Fsp3) is 0.267. The number of carboxylic acids is 1. The number of aromatic amines is 1. The van der Waals surface area contributed by atoms with E-state index in [1.807, 2.05) is 18.2 Å². The normalized spacial score (nSPS) is 17.9. The maximum absolute atomic E-state index is 11.3. The number of rotatable bonds is 4. The molecular formula is C15H15NO3. The lowest BCUT2D eigenvalue weighted by Gasteiger charge is -2.14. The number of aliphatic carboxylic acids is 1. The van der Waals surface area contributed by atoms with Crippen LogP contribution in [0.1, 0.15) is 35.8 Å². The molecule has 98 valence electrons. The summed E-state index contributed by atoms with van der Waals surface area (Å²) in [6.07, 6.45) is 2.34. The molecule has 1 aliphatic rings. The average Bonchev–Trinajstić information content (AvgIpc) is 3.07. The minimum absolute atomic E-state index is 0.671. The Hall–Kier alpha value is -2.07. The molecule has 0 aliphatic heterocycles. The zero-order chi connectivity index (χ0) is 13.5. The number of aliphatic hydroxyl groups excluding tert-OH is 1. The number of hydrogen-bond donors (Lipinski definition) is 3. The Bertz CT molecular complexity index is 600. The van der Waals surface area contributed by atoms with Crippen molar-refractivity contribution in [3.05, 3.63) is 59.4 Å². The van der Waals surface area contributed by atoms with Crippen LogP contribution in [0.15, 0.2) is 42.6 Å². The molecule has 0 spiro atoms. The van der Waals surface area contributed by atoms with Gasteiger partial charge in [-0.05, 0) is 36.1 Å². The molecule has 0 saturated heterocycles. The summed E-state index contributed by atoms with van der Waals surface area (Å²) in [5, 5.41) is 19.6. The summed E-state index contributed by atoms with van der Waals surface area (Å²) in [6, 6.07) is 10.9. The SMILES string of the molecule is O=C(O)C1(c2cccc(C(O)c3ccc[nH]3)c2)CC1. The van der Waals surface area contributed by atoms with Crippen molar-refractivity contribution in [1.29, 1.82) is 0 Å². The van der Waals surface area contributed by atoms with Crippen LogP contribution in [0, 0.1) is 0 Å². The molecule has 0 radical (unpaired) electrons. The predicted molar refractivity (Wildman–Crippen MR) is 69.8 cm³/mol. The number of carbonyl (C=O) groups is 1. The Kier molecular flexibility index (Phi) is 2.68. The first-order valence-electron chi connectivity index (χ1n) is 6.29. The fourth-order valence-corrected chi connectivity index (χ4v) is 2.45. The quantitative estimate of drug-likeness (QED) is 0.786.